The second kappa shape index (κ2) is 9.45. The van der Waals surface area contributed by atoms with Crippen LogP contribution in [0.4, 0.5) is 0 Å². The van der Waals surface area contributed by atoms with Crippen LogP contribution in [0.3, 0.4) is 0 Å². The highest BCUT2D eigenvalue weighted by Gasteiger charge is 2.21. The van der Waals surface area contributed by atoms with Gasteiger partial charge in [0.05, 0.1) is 6.33 Å². The Kier molecular flexibility index (Phi) is 7.21. The monoisotopic (exact) mass is 298 g/mol. The third-order valence-corrected chi connectivity index (χ3v) is 4.67. The molecule has 120 valence electrons. The molecular weight excluding hydrogens is 268 g/mol. The fourth-order valence-corrected chi connectivity index (χ4v) is 3.34. The van der Waals surface area contributed by atoms with Crippen molar-refractivity contribution in [1.29, 1.82) is 0 Å². The Hall–Kier alpha value is -1.57. The van der Waals surface area contributed by atoms with Gasteiger partial charge in [-0.05, 0) is 24.3 Å². The molecule has 0 radical (unpaired) electrons. The molecule has 2 atom stereocenters. The summed E-state index contributed by atoms with van der Waals surface area (Å²) in [6.07, 6.45) is 15.0. The summed E-state index contributed by atoms with van der Waals surface area (Å²) in [5.74, 6) is 0.679. The van der Waals surface area contributed by atoms with Crippen molar-refractivity contribution in [3.05, 3.63) is 54.6 Å². The first-order valence-electron chi connectivity index (χ1n) is 8.86. The molecule has 1 aromatic carbocycles. The zero-order chi connectivity index (χ0) is 15.6. The van der Waals surface area contributed by atoms with E-state index in [0.29, 0.717) is 12.0 Å². The molecule has 0 N–H and O–H groups in total. The van der Waals surface area contributed by atoms with Gasteiger partial charge in [0, 0.05) is 18.4 Å². The third kappa shape index (κ3) is 5.01. The summed E-state index contributed by atoms with van der Waals surface area (Å²) < 4.78 is 2.34. The van der Waals surface area contributed by atoms with E-state index in [1.54, 1.807) is 0 Å². The van der Waals surface area contributed by atoms with Gasteiger partial charge in [-0.15, -0.1) is 0 Å². The van der Waals surface area contributed by atoms with E-state index in [0.717, 1.165) is 6.42 Å². The minimum atomic E-state index is 0.574. The van der Waals surface area contributed by atoms with Crippen LogP contribution in [0.15, 0.2) is 49.1 Å². The molecule has 1 aromatic heterocycles. The number of benzene rings is 1. The molecule has 0 bridgehead atoms. The number of imidazole rings is 1. The van der Waals surface area contributed by atoms with Crippen LogP contribution in [0.25, 0.3) is 0 Å². The van der Waals surface area contributed by atoms with Gasteiger partial charge in [0.25, 0.3) is 0 Å². The van der Waals surface area contributed by atoms with Crippen molar-refractivity contribution in [2.24, 2.45) is 5.92 Å². The molecular formula is C20H30N2. The summed E-state index contributed by atoms with van der Waals surface area (Å²) in [6.45, 7) is 4.60. The van der Waals surface area contributed by atoms with E-state index in [1.807, 2.05) is 12.5 Å². The van der Waals surface area contributed by atoms with Crippen LogP contribution in [-0.4, -0.2) is 9.55 Å². The molecule has 0 spiro atoms. The molecule has 1 heterocycles. The Morgan fingerprint density at radius 1 is 1.05 bits per heavy atom. The topological polar surface area (TPSA) is 17.8 Å². The fourth-order valence-electron chi connectivity index (χ4n) is 3.34. The zero-order valence-electron chi connectivity index (χ0n) is 14.1. The Labute approximate surface area is 135 Å². The van der Waals surface area contributed by atoms with Crippen molar-refractivity contribution < 1.29 is 0 Å². The molecule has 2 unspecified atom stereocenters. The van der Waals surface area contributed by atoms with E-state index in [2.05, 4.69) is 59.9 Å². The number of hydrogen-bond acceptors (Lipinski definition) is 1. The molecule has 2 rings (SSSR count). The maximum Gasteiger partial charge on any atom is 0.0948 e. The number of rotatable bonds is 10. The number of hydrogen-bond donors (Lipinski definition) is 0. The first kappa shape index (κ1) is 16.8. The number of aromatic nitrogens is 2. The molecule has 0 fully saturated rings. The van der Waals surface area contributed by atoms with Crippen molar-refractivity contribution in [2.75, 3.05) is 0 Å². The number of unbranched alkanes of at least 4 members (excludes halogenated alkanes) is 3. The summed E-state index contributed by atoms with van der Waals surface area (Å²) in [4.78, 5) is 4.27. The highest BCUT2D eigenvalue weighted by atomic mass is 15.1. The Morgan fingerprint density at radius 2 is 1.86 bits per heavy atom. The van der Waals surface area contributed by atoms with E-state index in [1.165, 1.54) is 44.1 Å². The van der Waals surface area contributed by atoms with Crippen LogP contribution >= 0.6 is 0 Å². The summed E-state index contributed by atoms with van der Waals surface area (Å²) in [5.41, 5.74) is 1.45. The van der Waals surface area contributed by atoms with E-state index in [-0.39, 0.29) is 0 Å². The molecule has 0 aliphatic rings. The second-order valence-corrected chi connectivity index (χ2v) is 6.28. The van der Waals surface area contributed by atoms with Gasteiger partial charge in [-0.2, -0.15) is 0 Å². The van der Waals surface area contributed by atoms with Gasteiger partial charge >= 0.3 is 0 Å². The second-order valence-electron chi connectivity index (χ2n) is 6.28. The standard InChI is InChI=1S/C20H30N2/c1-3-5-6-10-13-20(22-15-14-21-17-22)19(4-2)16-18-11-8-7-9-12-18/h7-9,11-12,14-15,17,19-20H,3-6,10,13,16H2,1-2H3. The van der Waals surface area contributed by atoms with Crippen molar-refractivity contribution >= 4 is 0 Å². The Balaban J connectivity index is 2.04. The van der Waals surface area contributed by atoms with Gasteiger partial charge in [0.1, 0.15) is 0 Å². The fraction of sp³-hybridized carbons (Fsp3) is 0.550. The van der Waals surface area contributed by atoms with Crippen LogP contribution in [0, 0.1) is 5.92 Å². The largest absolute Gasteiger partial charge is 0.334 e. The van der Waals surface area contributed by atoms with Gasteiger partial charge in [-0.3, -0.25) is 0 Å². The number of nitrogens with zero attached hydrogens (tertiary/aromatic N) is 2. The molecule has 0 saturated heterocycles. The summed E-state index contributed by atoms with van der Waals surface area (Å²) in [7, 11) is 0. The lowest BCUT2D eigenvalue weighted by atomic mass is 9.86. The Bertz CT molecular complexity index is 490. The Morgan fingerprint density at radius 3 is 2.50 bits per heavy atom. The van der Waals surface area contributed by atoms with Gasteiger partial charge in [0.2, 0.25) is 0 Å². The van der Waals surface area contributed by atoms with Crippen LogP contribution < -0.4 is 0 Å². The first-order valence-corrected chi connectivity index (χ1v) is 8.86. The van der Waals surface area contributed by atoms with Gasteiger partial charge in [0.15, 0.2) is 0 Å². The van der Waals surface area contributed by atoms with E-state index < -0.39 is 0 Å². The highest BCUT2D eigenvalue weighted by Crippen LogP contribution is 2.30. The van der Waals surface area contributed by atoms with Crippen molar-refractivity contribution in [2.45, 2.75) is 64.8 Å². The molecule has 0 amide bonds. The average molecular weight is 298 g/mol. The quantitative estimate of drug-likeness (QED) is 0.517. The third-order valence-electron chi connectivity index (χ3n) is 4.67. The lowest BCUT2D eigenvalue weighted by Gasteiger charge is -2.28. The SMILES string of the molecule is CCCCCCC(C(CC)Cc1ccccc1)n1ccnc1. The van der Waals surface area contributed by atoms with Crippen LogP contribution in [-0.2, 0) is 6.42 Å². The lowest BCUT2D eigenvalue weighted by Crippen LogP contribution is -2.20. The van der Waals surface area contributed by atoms with Crippen LogP contribution in [0.2, 0.25) is 0 Å². The van der Waals surface area contributed by atoms with E-state index >= 15 is 0 Å². The smallest absolute Gasteiger partial charge is 0.0948 e. The molecule has 0 saturated carbocycles. The summed E-state index contributed by atoms with van der Waals surface area (Å²) in [6, 6.07) is 11.5. The average Bonchev–Trinajstić information content (AvgIpc) is 3.08. The zero-order valence-corrected chi connectivity index (χ0v) is 14.1. The molecule has 0 aliphatic heterocycles. The predicted octanol–water partition coefficient (Wildman–Crippen LogP) is 5.66. The van der Waals surface area contributed by atoms with Gasteiger partial charge in [-0.25, -0.2) is 4.98 Å². The predicted molar refractivity (Wildman–Crippen MR) is 94.0 cm³/mol. The first-order chi connectivity index (χ1) is 10.8. The van der Waals surface area contributed by atoms with Gasteiger partial charge in [-0.1, -0.05) is 76.3 Å². The van der Waals surface area contributed by atoms with E-state index in [4.69, 9.17) is 0 Å². The van der Waals surface area contributed by atoms with Crippen LogP contribution in [0.5, 0.6) is 0 Å². The summed E-state index contributed by atoms with van der Waals surface area (Å²) >= 11 is 0. The normalized spacial score (nSPS) is 13.9. The maximum absolute atomic E-state index is 4.27. The molecule has 2 nitrogen and oxygen atoms in total. The summed E-state index contributed by atoms with van der Waals surface area (Å²) in [5, 5.41) is 0. The maximum atomic E-state index is 4.27. The van der Waals surface area contributed by atoms with Crippen molar-refractivity contribution in [1.82, 2.24) is 9.55 Å². The van der Waals surface area contributed by atoms with Crippen LogP contribution in [0.1, 0.15) is 64.0 Å². The van der Waals surface area contributed by atoms with E-state index in [9.17, 15) is 0 Å². The highest BCUT2D eigenvalue weighted by molar-refractivity contribution is 5.15. The van der Waals surface area contributed by atoms with Crippen molar-refractivity contribution in [3.8, 4) is 0 Å². The molecule has 22 heavy (non-hydrogen) atoms. The molecule has 0 aliphatic carbocycles. The van der Waals surface area contributed by atoms with Gasteiger partial charge < -0.3 is 4.57 Å². The minimum absolute atomic E-state index is 0.574. The molecule has 2 aromatic rings. The molecule has 2 heteroatoms. The lowest BCUT2D eigenvalue weighted by molar-refractivity contribution is 0.290. The minimum Gasteiger partial charge on any atom is -0.334 e. The van der Waals surface area contributed by atoms with Crippen molar-refractivity contribution in [3.63, 3.8) is 0 Å².